The molecular formula is C27H20F3IN4O2S. The second kappa shape index (κ2) is 10.5. The van der Waals surface area contributed by atoms with Gasteiger partial charge in [-0.15, -0.1) is 10.2 Å². The van der Waals surface area contributed by atoms with Crippen molar-refractivity contribution in [1.82, 2.24) is 10.2 Å². The smallest absolute Gasteiger partial charge is 0.416 e. The number of nitriles is 1. The Morgan fingerprint density at radius 1 is 1.08 bits per heavy atom. The third kappa shape index (κ3) is 5.48. The van der Waals surface area contributed by atoms with Crippen LogP contribution in [0.15, 0.2) is 60.7 Å². The summed E-state index contributed by atoms with van der Waals surface area (Å²) in [7, 11) is 1.39. The minimum Gasteiger partial charge on any atom is -0.496 e. The van der Waals surface area contributed by atoms with Crippen LogP contribution >= 0.6 is 33.9 Å². The molecule has 2 N–H and O–H groups in total. The highest BCUT2D eigenvalue weighted by Gasteiger charge is 2.42. The van der Waals surface area contributed by atoms with Crippen LogP contribution in [0.2, 0.25) is 0 Å². The van der Waals surface area contributed by atoms with Crippen molar-refractivity contribution in [1.29, 1.82) is 5.26 Å². The number of aliphatic hydroxyl groups excluding tert-OH is 1. The van der Waals surface area contributed by atoms with Gasteiger partial charge in [0.05, 0.1) is 24.3 Å². The van der Waals surface area contributed by atoms with E-state index in [9.17, 15) is 18.3 Å². The Kier molecular flexibility index (Phi) is 7.30. The summed E-state index contributed by atoms with van der Waals surface area (Å²) >= 11 is 3.40. The summed E-state index contributed by atoms with van der Waals surface area (Å²) < 4.78 is 46.5. The number of aliphatic hydroxyl groups is 1. The average molecular weight is 648 g/mol. The molecular weight excluding hydrogens is 628 g/mol. The lowest BCUT2D eigenvalue weighted by Crippen LogP contribution is -2.12. The van der Waals surface area contributed by atoms with Crippen LogP contribution in [0, 0.1) is 14.9 Å². The van der Waals surface area contributed by atoms with Crippen molar-refractivity contribution in [2.75, 3.05) is 12.4 Å². The van der Waals surface area contributed by atoms with E-state index in [1.54, 1.807) is 30.3 Å². The summed E-state index contributed by atoms with van der Waals surface area (Å²) in [5.74, 6) is 0.759. The Balaban J connectivity index is 1.38. The maximum absolute atomic E-state index is 13.5. The number of ether oxygens (including phenoxy) is 1. The fourth-order valence-electron chi connectivity index (χ4n) is 4.37. The monoisotopic (exact) mass is 648 g/mol. The molecule has 0 aliphatic heterocycles. The highest BCUT2D eigenvalue weighted by molar-refractivity contribution is 14.1. The lowest BCUT2D eigenvalue weighted by atomic mass is 9.96. The van der Waals surface area contributed by atoms with Crippen LogP contribution in [-0.2, 0) is 6.18 Å². The number of aromatic nitrogens is 2. The average Bonchev–Trinajstić information content (AvgIpc) is 3.58. The maximum atomic E-state index is 13.5. The summed E-state index contributed by atoms with van der Waals surface area (Å²) in [4.78, 5) is 0. The molecule has 3 unspecified atom stereocenters. The quantitative estimate of drug-likeness (QED) is 0.165. The van der Waals surface area contributed by atoms with Crippen molar-refractivity contribution in [3.05, 3.63) is 91.5 Å². The van der Waals surface area contributed by atoms with Crippen LogP contribution in [-0.4, -0.2) is 22.4 Å². The molecule has 0 bridgehead atoms. The molecule has 1 aliphatic carbocycles. The van der Waals surface area contributed by atoms with Gasteiger partial charge < -0.3 is 15.2 Å². The Hall–Kier alpha value is -3.21. The van der Waals surface area contributed by atoms with E-state index in [1.807, 2.05) is 12.1 Å². The third-order valence-electron chi connectivity index (χ3n) is 6.40. The fraction of sp³-hybridized carbons (Fsp3) is 0.222. The molecule has 1 fully saturated rings. The van der Waals surface area contributed by atoms with Crippen LogP contribution in [0.25, 0.3) is 11.1 Å². The standard InChI is InChI=1S/C27H20F3IN4O2S/c1-37-23-9-6-16(27(28,29)30)10-21(23)20-11-17(31)7-8-18(20)24(36)33-26-35-34-25(38-26)22-12-19(22)15-4-2-14(13-32)3-5-15/h2-11,19,22,24,36H,12H2,1H3,(H,33,35). The molecule has 11 heteroatoms. The molecule has 0 radical (unpaired) electrons. The van der Waals surface area contributed by atoms with Crippen LogP contribution < -0.4 is 10.1 Å². The van der Waals surface area contributed by atoms with Gasteiger partial charge in [-0.2, -0.15) is 18.4 Å². The number of halogens is 4. The van der Waals surface area contributed by atoms with Gasteiger partial charge in [0.15, 0.2) is 6.23 Å². The number of hydrogen-bond donors (Lipinski definition) is 2. The van der Waals surface area contributed by atoms with Gasteiger partial charge in [0.25, 0.3) is 0 Å². The van der Waals surface area contributed by atoms with Crippen LogP contribution in [0.5, 0.6) is 5.75 Å². The highest BCUT2D eigenvalue weighted by Crippen LogP contribution is 2.55. The molecule has 6 nitrogen and oxygen atoms in total. The zero-order valence-corrected chi connectivity index (χ0v) is 22.8. The van der Waals surface area contributed by atoms with E-state index in [4.69, 9.17) is 10.00 Å². The van der Waals surface area contributed by atoms with E-state index in [0.717, 1.165) is 32.7 Å². The van der Waals surface area contributed by atoms with Gasteiger partial charge in [-0.05, 0) is 88.5 Å². The van der Waals surface area contributed by atoms with E-state index in [-0.39, 0.29) is 17.2 Å². The summed E-state index contributed by atoms with van der Waals surface area (Å²) in [6.07, 6.45) is -4.86. The molecule has 0 spiro atoms. The fourth-order valence-corrected chi connectivity index (χ4v) is 5.81. The molecule has 194 valence electrons. The van der Waals surface area contributed by atoms with Crippen LogP contribution in [0.4, 0.5) is 18.3 Å². The molecule has 1 heterocycles. The van der Waals surface area contributed by atoms with E-state index in [1.165, 1.54) is 24.5 Å². The molecule has 3 atom stereocenters. The molecule has 3 aromatic carbocycles. The van der Waals surface area contributed by atoms with Gasteiger partial charge in [-0.1, -0.05) is 29.5 Å². The second-order valence-corrected chi connectivity index (χ2v) is 11.1. The zero-order valence-electron chi connectivity index (χ0n) is 19.8. The number of benzene rings is 3. The predicted octanol–water partition coefficient (Wildman–Crippen LogP) is 7.08. The van der Waals surface area contributed by atoms with Gasteiger partial charge in [0.1, 0.15) is 10.8 Å². The topological polar surface area (TPSA) is 91.1 Å². The maximum Gasteiger partial charge on any atom is 0.416 e. The van der Waals surface area contributed by atoms with E-state index < -0.39 is 18.0 Å². The number of methoxy groups -OCH3 is 1. The van der Waals surface area contributed by atoms with E-state index in [0.29, 0.717) is 27.7 Å². The number of rotatable bonds is 7. The van der Waals surface area contributed by atoms with Gasteiger partial charge in [-0.3, -0.25) is 0 Å². The predicted molar refractivity (Wildman–Crippen MR) is 146 cm³/mol. The van der Waals surface area contributed by atoms with Crippen LogP contribution in [0.3, 0.4) is 0 Å². The molecule has 1 aliphatic rings. The number of alkyl halides is 3. The lowest BCUT2D eigenvalue weighted by molar-refractivity contribution is -0.137. The number of anilines is 1. The molecule has 0 amide bonds. The molecule has 1 aromatic heterocycles. The minimum atomic E-state index is -4.53. The van der Waals surface area contributed by atoms with Crippen LogP contribution in [0.1, 0.15) is 51.7 Å². The largest absolute Gasteiger partial charge is 0.496 e. The van der Waals surface area contributed by atoms with Crippen molar-refractivity contribution in [3.8, 4) is 22.9 Å². The van der Waals surface area contributed by atoms with Crippen molar-refractivity contribution in [2.24, 2.45) is 0 Å². The third-order valence-corrected chi connectivity index (χ3v) is 8.06. The SMILES string of the molecule is COc1ccc(C(F)(F)F)cc1-c1cc(I)ccc1C(O)Nc1nnc(C2CC2c2ccc(C#N)cc2)s1. The van der Waals surface area contributed by atoms with Crippen molar-refractivity contribution < 1.29 is 23.0 Å². The Bertz CT molecular complexity index is 1520. The zero-order chi connectivity index (χ0) is 27.0. The van der Waals surface area contributed by atoms with E-state index in [2.05, 4.69) is 44.2 Å². The van der Waals surface area contributed by atoms with Crippen molar-refractivity contribution in [2.45, 2.75) is 30.7 Å². The molecule has 5 rings (SSSR count). The van der Waals surface area contributed by atoms with E-state index >= 15 is 0 Å². The molecule has 38 heavy (non-hydrogen) atoms. The first-order valence-corrected chi connectivity index (χ1v) is 13.4. The molecule has 4 aromatic rings. The Morgan fingerprint density at radius 2 is 1.84 bits per heavy atom. The van der Waals surface area contributed by atoms with Gasteiger partial charge >= 0.3 is 6.18 Å². The first-order valence-electron chi connectivity index (χ1n) is 11.5. The van der Waals surface area contributed by atoms with Crippen molar-refractivity contribution >= 4 is 39.1 Å². The number of hydrogen-bond acceptors (Lipinski definition) is 7. The number of nitrogens with zero attached hydrogens (tertiary/aromatic N) is 3. The Morgan fingerprint density at radius 3 is 2.53 bits per heavy atom. The normalized spacial score (nSPS) is 17.5. The minimum absolute atomic E-state index is 0.205. The van der Waals surface area contributed by atoms with Gasteiger partial charge in [-0.25, -0.2) is 0 Å². The summed E-state index contributed by atoms with van der Waals surface area (Å²) in [5, 5.41) is 32.7. The Labute approximate surface area is 234 Å². The van der Waals surface area contributed by atoms with Crippen molar-refractivity contribution in [3.63, 3.8) is 0 Å². The molecule has 1 saturated carbocycles. The second-order valence-electron chi connectivity index (χ2n) is 8.82. The first-order chi connectivity index (χ1) is 18.2. The highest BCUT2D eigenvalue weighted by atomic mass is 127. The summed E-state index contributed by atoms with van der Waals surface area (Å²) in [6.45, 7) is 0. The number of nitrogens with one attached hydrogen (secondary N) is 1. The van der Waals surface area contributed by atoms with Gasteiger partial charge in [0.2, 0.25) is 5.13 Å². The summed E-state index contributed by atoms with van der Waals surface area (Å²) in [5.41, 5.74) is 1.94. The first kappa shape index (κ1) is 26.4. The van der Waals surface area contributed by atoms with Gasteiger partial charge in [0, 0.05) is 20.6 Å². The lowest BCUT2D eigenvalue weighted by Gasteiger charge is -2.19. The molecule has 0 saturated heterocycles. The summed E-state index contributed by atoms with van der Waals surface area (Å²) in [6, 6.07) is 18.0.